The summed E-state index contributed by atoms with van der Waals surface area (Å²) >= 11 is 0. The van der Waals surface area contributed by atoms with E-state index < -0.39 is 0 Å². The molecule has 1 saturated carbocycles. The lowest BCUT2D eigenvalue weighted by atomic mass is 9.87. The van der Waals surface area contributed by atoms with Crippen LogP contribution in [-0.4, -0.2) is 19.3 Å². The first-order chi connectivity index (χ1) is 14.2. The highest BCUT2D eigenvalue weighted by atomic mass is 16.6. The number of benzene rings is 2. The molecule has 2 fully saturated rings. The normalized spacial score (nSPS) is 26.3. The third-order valence-corrected chi connectivity index (χ3v) is 6.65. The second-order valence-electron chi connectivity index (χ2n) is 9.12. The van der Waals surface area contributed by atoms with Gasteiger partial charge in [-0.3, -0.25) is 0 Å². The van der Waals surface area contributed by atoms with Crippen LogP contribution in [-0.2, 0) is 11.2 Å². The molecule has 3 aliphatic rings. The van der Waals surface area contributed by atoms with Crippen LogP contribution in [0, 0.1) is 5.92 Å². The van der Waals surface area contributed by atoms with E-state index in [1.54, 1.807) is 0 Å². The Balaban J connectivity index is 1.43. The van der Waals surface area contributed by atoms with Crippen molar-refractivity contribution in [3.05, 3.63) is 58.7 Å². The lowest BCUT2D eigenvalue weighted by Gasteiger charge is -2.34. The summed E-state index contributed by atoms with van der Waals surface area (Å²) < 4.78 is 17.9. The lowest BCUT2D eigenvalue weighted by Crippen LogP contribution is -2.26. The third kappa shape index (κ3) is 4.16. The molecule has 2 heterocycles. The van der Waals surface area contributed by atoms with Gasteiger partial charge in [-0.15, -0.1) is 0 Å². The maximum atomic E-state index is 6.45. The first-order valence-electron chi connectivity index (χ1n) is 11.4. The average molecular weight is 393 g/mol. The van der Waals surface area contributed by atoms with Crippen LogP contribution >= 0.6 is 0 Å². The number of fused-ring (bicyclic) bond motifs is 1. The van der Waals surface area contributed by atoms with Gasteiger partial charge < -0.3 is 14.2 Å². The summed E-state index contributed by atoms with van der Waals surface area (Å²) in [5.74, 6) is 3.22. The highest BCUT2D eigenvalue weighted by Crippen LogP contribution is 2.44. The molecule has 1 aliphatic carbocycles. The maximum absolute atomic E-state index is 6.45. The summed E-state index contributed by atoms with van der Waals surface area (Å²) in [6, 6.07) is 13.5. The number of hydrogen-bond acceptors (Lipinski definition) is 3. The summed E-state index contributed by atoms with van der Waals surface area (Å²) in [5, 5.41) is 0. The Labute approximate surface area is 174 Å². The van der Waals surface area contributed by atoms with Gasteiger partial charge in [-0.25, -0.2) is 0 Å². The molecule has 154 valence electrons. The zero-order valence-corrected chi connectivity index (χ0v) is 17.7. The molecule has 0 N–H and O–H groups in total. The van der Waals surface area contributed by atoms with Gasteiger partial charge in [-0.05, 0) is 84.7 Å². The smallest absolute Gasteiger partial charge is 0.161 e. The predicted octanol–water partition coefficient (Wildman–Crippen LogP) is 6.19. The molecule has 0 bridgehead atoms. The van der Waals surface area contributed by atoms with Gasteiger partial charge in [0.2, 0.25) is 0 Å². The van der Waals surface area contributed by atoms with Crippen molar-refractivity contribution in [2.45, 2.75) is 70.5 Å². The fraction of sp³-hybridized carbons (Fsp3) is 0.538. The Morgan fingerprint density at radius 2 is 1.76 bits per heavy atom. The SMILES string of the molecule is CCC1CC(C)CC(c2ccc(C3CC3)c(Cc3ccc4c(c3)OCCO4)c2)O1. The minimum Gasteiger partial charge on any atom is -0.486 e. The van der Waals surface area contributed by atoms with Crippen molar-refractivity contribution in [3.63, 3.8) is 0 Å². The van der Waals surface area contributed by atoms with Crippen molar-refractivity contribution in [1.82, 2.24) is 0 Å². The highest BCUT2D eigenvalue weighted by molar-refractivity contribution is 5.47. The number of rotatable bonds is 5. The third-order valence-electron chi connectivity index (χ3n) is 6.65. The van der Waals surface area contributed by atoms with E-state index in [1.165, 1.54) is 41.5 Å². The van der Waals surface area contributed by atoms with Gasteiger partial charge in [0.1, 0.15) is 13.2 Å². The molecule has 0 radical (unpaired) electrons. The fourth-order valence-corrected chi connectivity index (χ4v) is 4.92. The predicted molar refractivity (Wildman–Crippen MR) is 115 cm³/mol. The van der Waals surface area contributed by atoms with E-state index in [9.17, 15) is 0 Å². The Morgan fingerprint density at radius 3 is 2.55 bits per heavy atom. The van der Waals surface area contributed by atoms with E-state index in [4.69, 9.17) is 14.2 Å². The van der Waals surface area contributed by atoms with Crippen LogP contribution < -0.4 is 9.47 Å². The standard InChI is InChI=1S/C26H32O3/c1-3-22-12-17(2)13-25(29-22)20-7-8-23(19-5-6-19)21(16-20)14-18-4-9-24-26(15-18)28-11-10-27-24/h4,7-9,15-17,19,22,25H,3,5-6,10-14H2,1-2H3. The molecule has 0 aromatic heterocycles. The van der Waals surface area contributed by atoms with Gasteiger partial charge in [0.15, 0.2) is 11.5 Å². The second kappa shape index (κ2) is 8.02. The molecule has 2 aromatic rings. The Bertz CT molecular complexity index is 870. The van der Waals surface area contributed by atoms with Crippen LogP contribution in [0.3, 0.4) is 0 Å². The largest absolute Gasteiger partial charge is 0.486 e. The van der Waals surface area contributed by atoms with Crippen LogP contribution in [0.4, 0.5) is 0 Å². The minimum atomic E-state index is 0.232. The molecular formula is C26H32O3. The molecule has 3 atom stereocenters. The quantitative estimate of drug-likeness (QED) is 0.607. The highest BCUT2D eigenvalue weighted by Gasteiger charge is 2.30. The second-order valence-corrected chi connectivity index (χ2v) is 9.12. The average Bonchev–Trinajstić information content (AvgIpc) is 3.58. The molecule has 0 amide bonds. The van der Waals surface area contributed by atoms with Crippen molar-refractivity contribution < 1.29 is 14.2 Å². The topological polar surface area (TPSA) is 27.7 Å². The van der Waals surface area contributed by atoms with Gasteiger partial charge >= 0.3 is 0 Å². The molecule has 0 spiro atoms. The van der Waals surface area contributed by atoms with Crippen LogP contribution in [0.1, 0.15) is 80.2 Å². The van der Waals surface area contributed by atoms with E-state index in [2.05, 4.69) is 50.2 Å². The van der Waals surface area contributed by atoms with Gasteiger partial charge in [0.05, 0.1) is 12.2 Å². The van der Waals surface area contributed by atoms with Gasteiger partial charge in [-0.2, -0.15) is 0 Å². The molecule has 5 rings (SSSR count). The fourth-order valence-electron chi connectivity index (χ4n) is 4.92. The molecule has 1 saturated heterocycles. The molecule has 3 nitrogen and oxygen atoms in total. The van der Waals surface area contributed by atoms with Crippen molar-refractivity contribution in [3.8, 4) is 11.5 Å². The van der Waals surface area contributed by atoms with E-state index in [0.29, 0.717) is 19.3 Å². The molecule has 29 heavy (non-hydrogen) atoms. The first-order valence-corrected chi connectivity index (χ1v) is 11.4. The summed E-state index contributed by atoms with van der Waals surface area (Å²) in [6.07, 6.45) is 7.63. The van der Waals surface area contributed by atoms with Crippen molar-refractivity contribution in [2.24, 2.45) is 5.92 Å². The van der Waals surface area contributed by atoms with Crippen molar-refractivity contribution in [1.29, 1.82) is 0 Å². The van der Waals surface area contributed by atoms with E-state index in [1.807, 2.05) is 0 Å². The minimum absolute atomic E-state index is 0.232. The summed E-state index contributed by atoms with van der Waals surface area (Å²) in [5.41, 5.74) is 5.63. The van der Waals surface area contributed by atoms with E-state index >= 15 is 0 Å². The van der Waals surface area contributed by atoms with Gasteiger partial charge in [0.25, 0.3) is 0 Å². The monoisotopic (exact) mass is 392 g/mol. The number of hydrogen-bond donors (Lipinski definition) is 0. The maximum Gasteiger partial charge on any atom is 0.161 e. The molecular weight excluding hydrogens is 360 g/mol. The number of ether oxygens (including phenoxy) is 3. The van der Waals surface area contributed by atoms with Crippen LogP contribution in [0.5, 0.6) is 11.5 Å². The van der Waals surface area contributed by atoms with Gasteiger partial charge in [0, 0.05) is 0 Å². The Morgan fingerprint density at radius 1 is 0.931 bits per heavy atom. The van der Waals surface area contributed by atoms with E-state index in [0.717, 1.165) is 42.6 Å². The first kappa shape index (κ1) is 19.0. The van der Waals surface area contributed by atoms with E-state index in [-0.39, 0.29) is 6.10 Å². The van der Waals surface area contributed by atoms with Crippen molar-refractivity contribution >= 4 is 0 Å². The summed E-state index contributed by atoms with van der Waals surface area (Å²) in [7, 11) is 0. The molecule has 3 unspecified atom stereocenters. The van der Waals surface area contributed by atoms with Crippen LogP contribution in [0.2, 0.25) is 0 Å². The zero-order valence-electron chi connectivity index (χ0n) is 17.7. The summed E-state index contributed by atoms with van der Waals surface area (Å²) in [4.78, 5) is 0. The zero-order chi connectivity index (χ0) is 19.8. The van der Waals surface area contributed by atoms with Crippen molar-refractivity contribution in [2.75, 3.05) is 13.2 Å². The summed E-state index contributed by atoms with van der Waals surface area (Å²) in [6.45, 7) is 5.88. The molecule has 2 aliphatic heterocycles. The Kier molecular flexibility index (Phi) is 5.26. The Hall–Kier alpha value is -2.00. The van der Waals surface area contributed by atoms with Crippen LogP contribution in [0.15, 0.2) is 36.4 Å². The lowest BCUT2D eigenvalue weighted by molar-refractivity contribution is -0.0709. The van der Waals surface area contributed by atoms with Crippen LogP contribution in [0.25, 0.3) is 0 Å². The molecule has 3 heteroatoms. The molecule has 2 aromatic carbocycles. The van der Waals surface area contributed by atoms with Gasteiger partial charge in [-0.1, -0.05) is 38.1 Å².